The van der Waals surface area contributed by atoms with Crippen LogP contribution in [0.15, 0.2) is 41.9 Å². The zero-order valence-corrected chi connectivity index (χ0v) is 16.7. The Morgan fingerprint density at radius 2 is 2.07 bits per heavy atom. The smallest absolute Gasteiger partial charge is 0.191 e. The van der Waals surface area contributed by atoms with Crippen LogP contribution in [0.1, 0.15) is 24.5 Å². The van der Waals surface area contributed by atoms with Gasteiger partial charge in [0, 0.05) is 26.2 Å². The van der Waals surface area contributed by atoms with Crippen LogP contribution in [0, 0.1) is 0 Å². The molecule has 8 heteroatoms. The Hall–Kier alpha value is -2.45. The summed E-state index contributed by atoms with van der Waals surface area (Å²) in [5, 5.41) is 10.9. The first-order valence-corrected chi connectivity index (χ1v) is 10.1. The second-order valence-electron chi connectivity index (χ2n) is 6.84. The highest BCUT2D eigenvalue weighted by molar-refractivity contribution is 5.79. The van der Waals surface area contributed by atoms with Crippen LogP contribution in [0.25, 0.3) is 0 Å². The van der Waals surface area contributed by atoms with Crippen molar-refractivity contribution < 1.29 is 4.74 Å². The van der Waals surface area contributed by atoms with E-state index in [9.17, 15) is 0 Å². The van der Waals surface area contributed by atoms with E-state index < -0.39 is 0 Å². The third-order valence-electron chi connectivity index (χ3n) is 4.61. The number of guanidine groups is 1. The highest BCUT2D eigenvalue weighted by atomic mass is 16.5. The van der Waals surface area contributed by atoms with E-state index in [0.29, 0.717) is 6.54 Å². The van der Waals surface area contributed by atoms with Gasteiger partial charge in [-0.1, -0.05) is 24.3 Å². The second kappa shape index (κ2) is 11.4. The van der Waals surface area contributed by atoms with Gasteiger partial charge in [-0.2, -0.15) is 5.10 Å². The van der Waals surface area contributed by atoms with E-state index in [2.05, 4.69) is 56.8 Å². The van der Waals surface area contributed by atoms with Crippen LogP contribution >= 0.6 is 0 Å². The maximum atomic E-state index is 5.39. The van der Waals surface area contributed by atoms with Crippen LogP contribution < -0.4 is 10.6 Å². The summed E-state index contributed by atoms with van der Waals surface area (Å²) in [6, 6.07) is 8.45. The highest BCUT2D eigenvalue weighted by Crippen LogP contribution is 2.08. The molecule has 1 aromatic carbocycles. The molecule has 0 bridgehead atoms. The molecule has 0 spiro atoms. The predicted octanol–water partition coefficient (Wildman–Crippen LogP) is 1.10. The summed E-state index contributed by atoms with van der Waals surface area (Å²) < 4.78 is 7.22. The predicted molar refractivity (Wildman–Crippen MR) is 110 cm³/mol. The van der Waals surface area contributed by atoms with Crippen LogP contribution in [-0.4, -0.2) is 71.6 Å². The minimum Gasteiger partial charge on any atom is -0.379 e. The van der Waals surface area contributed by atoms with Crippen LogP contribution in [0.2, 0.25) is 0 Å². The van der Waals surface area contributed by atoms with Gasteiger partial charge in [-0.05, 0) is 31.0 Å². The number of aromatic nitrogens is 3. The van der Waals surface area contributed by atoms with E-state index in [1.54, 1.807) is 12.7 Å². The minimum atomic E-state index is 0.643. The number of ether oxygens (including phenoxy) is 1. The van der Waals surface area contributed by atoms with Crippen LogP contribution in [0.3, 0.4) is 0 Å². The van der Waals surface area contributed by atoms with Crippen molar-refractivity contribution in [2.24, 2.45) is 4.99 Å². The molecule has 3 rings (SSSR count). The molecule has 1 aromatic heterocycles. The zero-order valence-electron chi connectivity index (χ0n) is 16.7. The third kappa shape index (κ3) is 6.94. The van der Waals surface area contributed by atoms with Crippen molar-refractivity contribution in [1.82, 2.24) is 30.3 Å². The summed E-state index contributed by atoms with van der Waals surface area (Å²) in [5.74, 6) is 0.867. The van der Waals surface area contributed by atoms with Crippen molar-refractivity contribution in [2.75, 3.05) is 45.9 Å². The van der Waals surface area contributed by atoms with E-state index in [4.69, 9.17) is 9.73 Å². The number of hydrogen-bond donors (Lipinski definition) is 2. The molecule has 2 N–H and O–H groups in total. The SMILES string of the molecule is CCNC(=NCc1cccc(Cn2cncn2)c1)NCCCN1CCOCC1. The van der Waals surface area contributed by atoms with Gasteiger partial charge in [-0.15, -0.1) is 0 Å². The monoisotopic (exact) mass is 385 g/mol. The summed E-state index contributed by atoms with van der Waals surface area (Å²) in [7, 11) is 0. The number of hydrogen-bond acceptors (Lipinski definition) is 5. The molecule has 0 radical (unpaired) electrons. The molecule has 1 saturated heterocycles. The first-order valence-electron chi connectivity index (χ1n) is 10.1. The lowest BCUT2D eigenvalue weighted by atomic mass is 10.1. The maximum absolute atomic E-state index is 5.39. The molecule has 2 aromatic rings. The van der Waals surface area contributed by atoms with Crippen molar-refractivity contribution in [1.29, 1.82) is 0 Å². The molecular weight excluding hydrogens is 354 g/mol. The Labute approximate surface area is 167 Å². The lowest BCUT2D eigenvalue weighted by Crippen LogP contribution is -2.40. The van der Waals surface area contributed by atoms with E-state index in [1.165, 1.54) is 11.1 Å². The first kappa shape index (κ1) is 20.3. The maximum Gasteiger partial charge on any atom is 0.191 e. The van der Waals surface area contributed by atoms with Gasteiger partial charge in [0.2, 0.25) is 0 Å². The Morgan fingerprint density at radius 1 is 1.21 bits per heavy atom. The quantitative estimate of drug-likeness (QED) is 0.382. The summed E-state index contributed by atoms with van der Waals surface area (Å²) in [6.45, 7) is 10.1. The van der Waals surface area contributed by atoms with Gasteiger partial charge in [-0.3, -0.25) is 4.90 Å². The molecule has 0 aliphatic carbocycles. The third-order valence-corrected chi connectivity index (χ3v) is 4.61. The minimum absolute atomic E-state index is 0.643. The number of nitrogens with one attached hydrogen (secondary N) is 2. The largest absolute Gasteiger partial charge is 0.379 e. The fourth-order valence-corrected chi connectivity index (χ4v) is 3.17. The summed E-state index contributed by atoms with van der Waals surface area (Å²) >= 11 is 0. The van der Waals surface area contributed by atoms with Gasteiger partial charge in [0.25, 0.3) is 0 Å². The molecular formula is C20H31N7O. The molecule has 1 aliphatic heterocycles. The molecule has 2 heterocycles. The molecule has 28 heavy (non-hydrogen) atoms. The van der Waals surface area contributed by atoms with Crippen molar-refractivity contribution >= 4 is 5.96 Å². The topological polar surface area (TPSA) is 79.6 Å². The molecule has 152 valence electrons. The molecule has 8 nitrogen and oxygen atoms in total. The normalized spacial score (nSPS) is 15.5. The molecule has 0 unspecified atom stereocenters. The number of nitrogens with zero attached hydrogens (tertiary/aromatic N) is 5. The van der Waals surface area contributed by atoms with Crippen LogP contribution in [0.4, 0.5) is 0 Å². The Bertz CT molecular complexity index is 711. The van der Waals surface area contributed by atoms with E-state index >= 15 is 0 Å². The van der Waals surface area contributed by atoms with Gasteiger partial charge in [0.05, 0.1) is 26.3 Å². The fraction of sp³-hybridized carbons (Fsp3) is 0.550. The van der Waals surface area contributed by atoms with Crippen molar-refractivity contribution in [2.45, 2.75) is 26.4 Å². The Kier molecular flexibility index (Phi) is 8.26. The van der Waals surface area contributed by atoms with Crippen LogP contribution in [0.5, 0.6) is 0 Å². The van der Waals surface area contributed by atoms with Gasteiger partial charge in [0.1, 0.15) is 12.7 Å². The summed E-state index contributed by atoms with van der Waals surface area (Å²) in [5.41, 5.74) is 2.38. The Balaban J connectivity index is 1.46. The van der Waals surface area contributed by atoms with Gasteiger partial charge < -0.3 is 15.4 Å². The molecule has 1 aliphatic rings. The van der Waals surface area contributed by atoms with Gasteiger partial charge in [-0.25, -0.2) is 14.7 Å². The lowest BCUT2D eigenvalue weighted by molar-refractivity contribution is 0.0376. The van der Waals surface area contributed by atoms with Gasteiger partial charge >= 0.3 is 0 Å². The van der Waals surface area contributed by atoms with E-state index in [-0.39, 0.29) is 0 Å². The summed E-state index contributed by atoms with van der Waals surface area (Å²) in [4.78, 5) is 11.2. The highest BCUT2D eigenvalue weighted by Gasteiger charge is 2.09. The molecule has 0 saturated carbocycles. The second-order valence-corrected chi connectivity index (χ2v) is 6.84. The van der Waals surface area contributed by atoms with Crippen molar-refractivity contribution in [3.8, 4) is 0 Å². The van der Waals surface area contributed by atoms with E-state index in [1.807, 2.05) is 4.68 Å². The summed E-state index contributed by atoms with van der Waals surface area (Å²) in [6.07, 6.45) is 4.38. The van der Waals surface area contributed by atoms with Crippen molar-refractivity contribution in [3.05, 3.63) is 48.0 Å². The molecule has 0 atom stereocenters. The standard InChI is InChI=1S/C20H31N7O/c1-2-22-20(23-7-4-8-26-9-11-28-12-10-26)24-14-18-5-3-6-19(13-18)15-27-17-21-16-25-27/h3,5-6,13,16-17H,2,4,7-12,14-15H2,1H3,(H2,22,23,24). The Morgan fingerprint density at radius 3 is 2.86 bits per heavy atom. The van der Waals surface area contributed by atoms with Crippen LogP contribution in [-0.2, 0) is 17.8 Å². The number of aliphatic imine (C=N–C) groups is 1. The van der Waals surface area contributed by atoms with Crippen molar-refractivity contribution in [3.63, 3.8) is 0 Å². The van der Waals surface area contributed by atoms with E-state index in [0.717, 1.165) is 64.9 Å². The average Bonchev–Trinajstić information content (AvgIpc) is 3.23. The fourth-order valence-electron chi connectivity index (χ4n) is 3.17. The lowest BCUT2D eigenvalue weighted by Gasteiger charge is -2.26. The number of morpholine rings is 1. The number of benzene rings is 1. The van der Waals surface area contributed by atoms with Gasteiger partial charge in [0.15, 0.2) is 5.96 Å². The number of rotatable bonds is 9. The average molecular weight is 386 g/mol. The zero-order chi connectivity index (χ0) is 19.4. The molecule has 1 fully saturated rings. The first-order chi connectivity index (χ1) is 13.8. The molecule has 0 amide bonds.